The summed E-state index contributed by atoms with van der Waals surface area (Å²) in [5.74, 6) is -0.485. The van der Waals surface area contributed by atoms with Gasteiger partial charge in [-0.15, -0.1) is 0 Å². The molecule has 13 heavy (non-hydrogen) atoms. The molecule has 0 bridgehead atoms. The smallest absolute Gasteiger partial charge is 0.378 e. The van der Waals surface area contributed by atoms with Crippen molar-refractivity contribution in [1.29, 1.82) is 0 Å². The van der Waals surface area contributed by atoms with E-state index >= 15 is 0 Å². The first-order chi connectivity index (χ1) is 6.20. The lowest BCUT2D eigenvalue weighted by molar-refractivity contribution is -0.551. The third kappa shape index (κ3) is 3.39. The van der Waals surface area contributed by atoms with Crippen molar-refractivity contribution in [2.75, 3.05) is 32.8 Å². The lowest BCUT2D eigenvalue weighted by atomic mass is 10.4. The van der Waals surface area contributed by atoms with Crippen LogP contribution in [0.4, 0.5) is 4.79 Å². The van der Waals surface area contributed by atoms with Gasteiger partial charge in [-0.05, 0) is 0 Å². The molecule has 74 valence electrons. The van der Waals surface area contributed by atoms with Gasteiger partial charge in [-0.1, -0.05) is 0 Å². The number of hydrogen-bond acceptors (Lipinski definition) is 3. The zero-order valence-corrected chi connectivity index (χ0v) is 7.36. The first-order valence-electron chi connectivity index (χ1n) is 4.18. The van der Waals surface area contributed by atoms with Crippen LogP contribution in [0, 0.1) is 0 Å². The van der Waals surface area contributed by atoms with E-state index in [0.29, 0.717) is 26.3 Å². The highest BCUT2D eigenvalue weighted by atomic mass is 16.5. The number of urea groups is 1. The monoisotopic (exact) mass is 188 g/mol. The summed E-state index contributed by atoms with van der Waals surface area (Å²) in [5.41, 5.74) is 4.90. The molecule has 6 nitrogen and oxygen atoms in total. The number of nitrogens with two attached hydrogens (primary N) is 2. The Bertz CT molecular complexity index is 201. The Labute approximate surface area is 76.0 Å². The first kappa shape index (κ1) is 9.94. The molecule has 4 N–H and O–H groups in total. The minimum Gasteiger partial charge on any atom is -0.378 e. The molecule has 0 spiro atoms. The molecule has 0 aromatic carbocycles. The number of amides is 3. The number of primary amides is 2. The molecule has 0 atom stereocenters. The minimum atomic E-state index is -0.485. The predicted octanol–water partition coefficient (Wildman–Crippen LogP) is -2.51. The normalized spacial score (nSPS) is 17.1. The van der Waals surface area contributed by atoms with Gasteiger partial charge in [0.15, 0.2) is 6.54 Å². The van der Waals surface area contributed by atoms with Crippen molar-refractivity contribution >= 4 is 11.9 Å². The van der Waals surface area contributed by atoms with E-state index < -0.39 is 5.91 Å². The Hall–Kier alpha value is -1.14. The van der Waals surface area contributed by atoms with Crippen LogP contribution in [0.2, 0.25) is 0 Å². The molecular weight excluding hydrogens is 174 g/mol. The van der Waals surface area contributed by atoms with Gasteiger partial charge in [0.05, 0.1) is 13.2 Å². The number of nitrogens with zero attached hydrogens (tertiary/aromatic N) is 1. The number of rotatable bonds is 2. The van der Waals surface area contributed by atoms with E-state index in [4.69, 9.17) is 10.5 Å². The van der Waals surface area contributed by atoms with Crippen LogP contribution >= 0.6 is 0 Å². The summed E-state index contributed by atoms with van der Waals surface area (Å²) in [6, 6.07) is -0.137. The fraction of sp³-hybridized carbons (Fsp3) is 0.714. The molecule has 1 aliphatic heterocycles. The van der Waals surface area contributed by atoms with Gasteiger partial charge in [-0.2, -0.15) is 0 Å². The summed E-state index contributed by atoms with van der Waals surface area (Å²) in [7, 11) is 0. The van der Waals surface area contributed by atoms with Gasteiger partial charge in [0.2, 0.25) is 0 Å². The maximum absolute atomic E-state index is 11.3. The second-order valence-corrected chi connectivity index (χ2v) is 2.81. The standard InChI is InChI=1S/C7H13N3O3/c8-6(11)5-9-7(12)10-1-3-13-4-2-10/h1-5H2,(H2,8,11)(H,9,12)/p+1. The van der Waals surface area contributed by atoms with Crippen LogP contribution in [0.15, 0.2) is 0 Å². The summed E-state index contributed by atoms with van der Waals surface area (Å²) in [4.78, 5) is 23.3. The van der Waals surface area contributed by atoms with Crippen molar-refractivity contribution in [2.45, 2.75) is 0 Å². The number of ether oxygens (including phenoxy) is 1. The van der Waals surface area contributed by atoms with Gasteiger partial charge in [0, 0.05) is 13.1 Å². The van der Waals surface area contributed by atoms with Crippen molar-refractivity contribution in [2.24, 2.45) is 5.73 Å². The Kier molecular flexibility index (Phi) is 3.66. The highest BCUT2D eigenvalue weighted by Crippen LogP contribution is 1.93. The largest absolute Gasteiger partial charge is 0.416 e. The van der Waals surface area contributed by atoms with E-state index in [1.165, 1.54) is 5.32 Å². The molecule has 1 aliphatic rings. The second-order valence-electron chi connectivity index (χ2n) is 2.81. The van der Waals surface area contributed by atoms with Crippen LogP contribution in [-0.4, -0.2) is 49.7 Å². The summed E-state index contributed by atoms with van der Waals surface area (Å²) < 4.78 is 5.08. The Morgan fingerprint density at radius 2 is 2.00 bits per heavy atom. The summed E-state index contributed by atoms with van der Waals surface area (Å²) >= 11 is 0. The van der Waals surface area contributed by atoms with E-state index in [1.807, 2.05) is 0 Å². The van der Waals surface area contributed by atoms with Gasteiger partial charge < -0.3 is 10.5 Å². The van der Waals surface area contributed by atoms with Crippen LogP contribution in [-0.2, 0) is 9.53 Å². The zero-order valence-electron chi connectivity index (χ0n) is 7.36. The number of carbonyl (C=O) groups excluding carboxylic acids is 2. The maximum Gasteiger partial charge on any atom is 0.416 e. The van der Waals surface area contributed by atoms with Gasteiger partial charge in [-0.25, -0.2) is 4.79 Å². The number of quaternary nitrogens is 1. The summed E-state index contributed by atoms with van der Waals surface area (Å²) in [6.07, 6.45) is 0. The van der Waals surface area contributed by atoms with Crippen molar-refractivity contribution in [3.63, 3.8) is 0 Å². The van der Waals surface area contributed by atoms with Crippen molar-refractivity contribution < 1.29 is 19.6 Å². The molecule has 3 amide bonds. The quantitative estimate of drug-likeness (QED) is 0.501. The minimum absolute atomic E-state index is 0.0101. The van der Waals surface area contributed by atoms with Gasteiger partial charge in [0.25, 0.3) is 5.91 Å². The number of morpholine rings is 1. The highest BCUT2D eigenvalue weighted by Gasteiger charge is 2.20. The first-order valence-corrected chi connectivity index (χ1v) is 4.18. The molecule has 1 rings (SSSR count). The molecule has 0 unspecified atom stereocenters. The van der Waals surface area contributed by atoms with Gasteiger partial charge in [0.1, 0.15) is 0 Å². The van der Waals surface area contributed by atoms with E-state index in [2.05, 4.69) is 0 Å². The topological polar surface area (TPSA) is 89.2 Å². The fourth-order valence-corrected chi connectivity index (χ4v) is 1.10. The SMILES string of the molecule is NC(=O)C[NH2+]C(=O)N1CCOCC1. The molecule has 6 heteroatoms. The lowest BCUT2D eigenvalue weighted by Gasteiger charge is -2.23. The van der Waals surface area contributed by atoms with Crippen LogP contribution in [0.3, 0.4) is 0 Å². The Morgan fingerprint density at radius 1 is 1.38 bits per heavy atom. The highest BCUT2D eigenvalue weighted by molar-refractivity contribution is 5.76. The van der Waals surface area contributed by atoms with Crippen molar-refractivity contribution in [3.05, 3.63) is 0 Å². The second kappa shape index (κ2) is 4.78. The summed E-state index contributed by atoms with van der Waals surface area (Å²) in [6.45, 7) is 2.32. The number of hydrogen-bond donors (Lipinski definition) is 2. The molecule has 0 aliphatic carbocycles. The molecule has 1 fully saturated rings. The molecular formula is C7H14N3O3+. The lowest BCUT2D eigenvalue weighted by Crippen LogP contribution is -2.92. The molecule has 0 saturated carbocycles. The van der Waals surface area contributed by atoms with E-state index in [-0.39, 0.29) is 12.6 Å². The molecule has 0 aromatic rings. The third-order valence-corrected chi connectivity index (χ3v) is 1.80. The average Bonchev–Trinajstić information content (AvgIpc) is 2.15. The molecule has 0 radical (unpaired) electrons. The zero-order chi connectivity index (χ0) is 9.68. The maximum atomic E-state index is 11.3. The van der Waals surface area contributed by atoms with Crippen LogP contribution in [0.25, 0.3) is 0 Å². The van der Waals surface area contributed by atoms with Crippen molar-refractivity contribution in [1.82, 2.24) is 4.90 Å². The average molecular weight is 188 g/mol. The van der Waals surface area contributed by atoms with E-state index in [9.17, 15) is 9.59 Å². The Morgan fingerprint density at radius 3 is 2.54 bits per heavy atom. The van der Waals surface area contributed by atoms with Crippen LogP contribution in [0.1, 0.15) is 0 Å². The molecule has 0 aromatic heterocycles. The van der Waals surface area contributed by atoms with E-state index in [0.717, 1.165) is 0 Å². The number of carbonyl (C=O) groups is 2. The summed E-state index contributed by atoms with van der Waals surface area (Å²) in [5, 5.41) is 1.31. The van der Waals surface area contributed by atoms with E-state index in [1.54, 1.807) is 4.90 Å². The predicted molar refractivity (Wildman–Crippen MR) is 43.8 cm³/mol. The molecule has 1 heterocycles. The third-order valence-electron chi connectivity index (χ3n) is 1.80. The van der Waals surface area contributed by atoms with Gasteiger partial charge in [-0.3, -0.25) is 15.0 Å². The Balaban J connectivity index is 2.25. The van der Waals surface area contributed by atoms with Crippen molar-refractivity contribution in [3.8, 4) is 0 Å². The van der Waals surface area contributed by atoms with Gasteiger partial charge >= 0.3 is 6.03 Å². The fourth-order valence-electron chi connectivity index (χ4n) is 1.10. The van der Waals surface area contributed by atoms with Crippen LogP contribution in [0.5, 0.6) is 0 Å². The molecule has 1 saturated heterocycles. The van der Waals surface area contributed by atoms with Crippen LogP contribution < -0.4 is 11.1 Å².